The lowest BCUT2D eigenvalue weighted by Crippen LogP contribution is -2.40. The first-order chi connectivity index (χ1) is 17.2. The van der Waals surface area contributed by atoms with Gasteiger partial charge in [-0.2, -0.15) is 0 Å². The van der Waals surface area contributed by atoms with E-state index >= 15 is 0 Å². The molecule has 0 fully saturated rings. The maximum absolute atomic E-state index is 13.7. The second-order valence-corrected chi connectivity index (χ2v) is 10.7. The number of methoxy groups -OCH3 is 1. The van der Waals surface area contributed by atoms with Crippen molar-refractivity contribution < 1.29 is 19.1 Å². The van der Waals surface area contributed by atoms with Crippen LogP contribution in [0.1, 0.15) is 48.3 Å². The molecule has 1 atom stereocenters. The first kappa shape index (κ1) is 25.8. The molecule has 0 saturated carbocycles. The SMILES string of the molecule is COC(=O)c1ccc(C2C(C(=O)OCC(C)C)=C(C)N=c3sc(=Cc4cccc(Br)c4)c(=O)n32)cc1. The number of benzene rings is 2. The molecule has 0 aliphatic carbocycles. The number of esters is 2. The van der Waals surface area contributed by atoms with Crippen LogP contribution in [0.15, 0.2) is 74.1 Å². The number of hydrogen-bond donors (Lipinski definition) is 0. The molecule has 0 amide bonds. The van der Waals surface area contributed by atoms with Crippen molar-refractivity contribution in [1.29, 1.82) is 0 Å². The Bertz CT molecular complexity index is 1530. The molecule has 2 heterocycles. The van der Waals surface area contributed by atoms with Crippen molar-refractivity contribution in [3.8, 4) is 0 Å². The van der Waals surface area contributed by atoms with E-state index in [1.165, 1.54) is 23.0 Å². The molecule has 1 unspecified atom stereocenters. The zero-order valence-electron chi connectivity index (χ0n) is 20.3. The second-order valence-electron chi connectivity index (χ2n) is 8.74. The number of hydrogen-bond acceptors (Lipinski definition) is 7. The summed E-state index contributed by atoms with van der Waals surface area (Å²) in [5.74, 6) is -0.838. The molecular weight excluding hydrogens is 544 g/mol. The standard InChI is InChI=1S/C27H25BrN2O5S/c1-15(2)14-35-26(33)22-16(3)29-27-30(23(22)18-8-10-19(11-9-18)25(32)34-4)24(31)21(36-27)13-17-6-5-7-20(28)12-17/h5-13,15,23H,14H2,1-4H3. The van der Waals surface area contributed by atoms with Gasteiger partial charge in [-0.1, -0.05) is 65.4 Å². The molecule has 0 saturated heterocycles. The van der Waals surface area contributed by atoms with E-state index in [0.29, 0.717) is 31.7 Å². The topological polar surface area (TPSA) is 87.0 Å². The van der Waals surface area contributed by atoms with Crippen LogP contribution in [0.4, 0.5) is 0 Å². The van der Waals surface area contributed by atoms with Gasteiger partial charge in [0, 0.05) is 4.47 Å². The second kappa shape index (κ2) is 10.8. The van der Waals surface area contributed by atoms with Crippen molar-refractivity contribution >= 4 is 45.3 Å². The van der Waals surface area contributed by atoms with Crippen LogP contribution in [-0.2, 0) is 14.3 Å². The normalized spacial score (nSPS) is 15.5. The van der Waals surface area contributed by atoms with Gasteiger partial charge in [-0.25, -0.2) is 14.6 Å². The molecule has 0 spiro atoms. The Kier molecular flexibility index (Phi) is 7.70. The van der Waals surface area contributed by atoms with E-state index in [-0.39, 0.29) is 18.1 Å². The maximum Gasteiger partial charge on any atom is 0.338 e. The summed E-state index contributed by atoms with van der Waals surface area (Å²) in [4.78, 5) is 43.9. The fourth-order valence-electron chi connectivity index (χ4n) is 3.89. The lowest BCUT2D eigenvalue weighted by atomic mass is 9.95. The number of carbonyl (C=O) groups excluding carboxylic acids is 2. The molecule has 7 nitrogen and oxygen atoms in total. The number of ether oxygens (including phenoxy) is 2. The van der Waals surface area contributed by atoms with E-state index in [1.54, 1.807) is 31.2 Å². The van der Waals surface area contributed by atoms with Gasteiger partial charge in [-0.05, 0) is 54.3 Å². The van der Waals surface area contributed by atoms with Crippen LogP contribution >= 0.6 is 27.3 Å². The number of allylic oxidation sites excluding steroid dienone is 1. The number of halogens is 1. The summed E-state index contributed by atoms with van der Waals surface area (Å²) < 4.78 is 13.3. The van der Waals surface area contributed by atoms with Crippen LogP contribution in [0.25, 0.3) is 6.08 Å². The summed E-state index contributed by atoms with van der Waals surface area (Å²) in [5.41, 5.74) is 2.41. The Morgan fingerprint density at radius 3 is 2.53 bits per heavy atom. The monoisotopic (exact) mass is 568 g/mol. The van der Waals surface area contributed by atoms with Crippen LogP contribution in [0.2, 0.25) is 0 Å². The van der Waals surface area contributed by atoms with E-state index in [4.69, 9.17) is 9.47 Å². The summed E-state index contributed by atoms with van der Waals surface area (Å²) in [5, 5.41) is 0. The molecule has 2 aromatic carbocycles. The summed E-state index contributed by atoms with van der Waals surface area (Å²) in [6.45, 7) is 5.90. The number of nitrogens with zero attached hydrogens (tertiary/aromatic N) is 2. The van der Waals surface area contributed by atoms with Gasteiger partial charge in [0.2, 0.25) is 0 Å². The number of rotatable bonds is 6. The predicted octanol–water partition coefficient (Wildman–Crippen LogP) is 3.98. The maximum atomic E-state index is 13.7. The lowest BCUT2D eigenvalue weighted by molar-refractivity contribution is -0.140. The molecule has 1 aromatic heterocycles. The third-order valence-corrected chi connectivity index (χ3v) is 7.06. The fourth-order valence-corrected chi connectivity index (χ4v) is 5.35. The molecular formula is C27H25BrN2O5S. The van der Waals surface area contributed by atoms with Crippen LogP contribution < -0.4 is 14.9 Å². The smallest absolute Gasteiger partial charge is 0.338 e. The first-order valence-electron chi connectivity index (χ1n) is 11.3. The minimum absolute atomic E-state index is 0.152. The predicted molar refractivity (Wildman–Crippen MR) is 141 cm³/mol. The van der Waals surface area contributed by atoms with Crippen molar-refractivity contribution in [3.05, 3.63) is 101 Å². The molecule has 9 heteroatoms. The van der Waals surface area contributed by atoms with E-state index in [9.17, 15) is 14.4 Å². The molecule has 0 N–H and O–H groups in total. The Labute approximate surface area is 220 Å². The van der Waals surface area contributed by atoms with Crippen molar-refractivity contribution in [2.75, 3.05) is 13.7 Å². The fraction of sp³-hybridized carbons (Fsp3) is 0.259. The molecule has 0 radical (unpaired) electrons. The van der Waals surface area contributed by atoms with Gasteiger partial charge in [0.1, 0.15) is 0 Å². The van der Waals surface area contributed by atoms with Crippen LogP contribution in [0.5, 0.6) is 0 Å². The molecule has 4 rings (SSSR count). The summed E-state index contributed by atoms with van der Waals surface area (Å²) >= 11 is 4.72. The van der Waals surface area contributed by atoms with Crippen LogP contribution in [0.3, 0.4) is 0 Å². The Balaban J connectivity index is 1.89. The highest BCUT2D eigenvalue weighted by Crippen LogP contribution is 2.31. The highest BCUT2D eigenvalue weighted by atomic mass is 79.9. The number of aromatic nitrogens is 1. The zero-order chi connectivity index (χ0) is 26.0. The van der Waals surface area contributed by atoms with Crippen LogP contribution in [-0.4, -0.2) is 30.2 Å². The van der Waals surface area contributed by atoms with Gasteiger partial charge in [-0.3, -0.25) is 9.36 Å². The first-order valence-corrected chi connectivity index (χ1v) is 12.9. The minimum Gasteiger partial charge on any atom is -0.465 e. The average molecular weight is 569 g/mol. The Morgan fingerprint density at radius 2 is 1.89 bits per heavy atom. The Hall–Kier alpha value is -3.30. The summed E-state index contributed by atoms with van der Waals surface area (Å²) in [7, 11) is 1.31. The summed E-state index contributed by atoms with van der Waals surface area (Å²) in [6.07, 6.45) is 1.81. The van der Waals surface area contributed by atoms with E-state index < -0.39 is 18.0 Å². The molecule has 3 aromatic rings. The van der Waals surface area contributed by atoms with Crippen molar-refractivity contribution in [3.63, 3.8) is 0 Å². The van der Waals surface area contributed by atoms with Crippen molar-refractivity contribution in [2.24, 2.45) is 10.9 Å². The van der Waals surface area contributed by atoms with Crippen molar-refractivity contribution in [2.45, 2.75) is 26.8 Å². The van der Waals surface area contributed by atoms with E-state index in [2.05, 4.69) is 20.9 Å². The summed E-state index contributed by atoms with van der Waals surface area (Å²) in [6, 6.07) is 13.6. The van der Waals surface area contributed by atoms with E-state index in [1.807, 2.05) is 44.2 Å². The van der Waals surface area contributed by atoms with Gasteiger partial charge < -0.3 is 9.47 Å². The molecule has 36 heavy (non-hydrogen) atoms. The molecule has 186 valence electrons. The highest BCUT2D eigenvalue weighted by molar-refractivity contribution is 9.10. The van der Waals surface area contributed by atoms with Gasteiger partial charge in [0.25, 0.3) is 5.56 Å². The molecule has 1 aliphatic heterocycles. The highest BCUT2D eigenvalue weighted by Gasteiger charge is 2.33. The lowest BCUT2D eigenvalue weighted by Gasteiger charge is -2.25. The minimum atomic E-state index is -0.753. The number of carbonyl (C=O) groups is 2. The van der Waals surface area contributed by atoms with Crippen molar-refractivity contribution in [1.82, 2.24) is 4.57 Å². The van der Waals surface area contributed by atoms with Gasteiger partial charge in [-0.15, -0.1) is 0 Å². The zero-order valence-corrected chi connectivity index (χ0v) is 22.7. The number of thiazole rings is 1. The van der Waals surface area contributed by atoms with Crippen LogP contribution in [0, 0.1) is 5.92 Å². The average Bonchev–Trinajstić information content (AvgIpc) is 3.15. The van der Waals surface area contributed by atoms with Gasteiger partial charge >= 0.3 is 11.9 Å². The third kappa shape index (κ3) is 5.27. The molecule has 0 bridgehead atoms. The quantitative estimate of drug-likeness (QED) is 0.420. The van der Waals surface area contributed by atoms with Gasteiger partial charge in [0.15, 0.2) is 4.80 Å². The van der Waals surface area contributed by atoms with Gasteiger partial charge in [0.05, 0.1) is 41.1 Å². The number of fused-ring (bicyclic) bond motifs is 1. The van der Waals surface area contributed by atoms with E-state index in [0.717, 1.165) is 10.0 Å². The Morgan fingerprint density at radius 1 is 1.17 bits per heavy atom. The molecule has 1 aliphatic rings. The third-order valence-electron chi connectivity index (χ3n) is 5.58. The largest absolute Gasteiger partial charge is 0.465 e.